The van der Waals surface area contributed by atoms with Gasteiger partial charge in [0.15, 0.2) is 0 Å². The van der Waals surface area contributed by atoms with Gasteiger partial charge >= 0.3 is 170 Å². The molecule has 4 unspecified atom stereocenters. The van der Waals surface area contributed by atoms with E-state index in [1.807, 2.05) is 11.1 Å². The van der Waals surface area contributed by atoms with Gasteiger partial charge in [-0.25, -0.2) is 0 Å². The van der Waals surface area contributed by atoms with Crippen LogP contribution in [0.15, 0.2) is 45.6 Å². The van der Waals surface area contributed by atoms with E-state index < -0.39 is 20.4 Å². The molecule has 4 heteroatoms. The van der Waals surface area contributed by atoms with Crippen LogP contribution in [0.4, 0.5) is 0 Å². The van der Waals surface area contributed by atoms with Crippen molar-refractivity contribution in [2.24, 2.45) is 11.8 Å². The Labute approximate surface area is 193 Å². The molecule has 0 radical (unpaired) electrons. The summed E-state index contributed by atoms with van der Waals surface area (Å²) < 4.78 is 1.88. The molecule has 0 aliphatic heterocycles. The summed E-state index contributed by atoms with van der Waals surface area (Å²) in [5, 5.41) is 0. The number of allylic oxidation sites excluding steroid dienone is 8. The van der Waals surface area contributed by atoms with Crippen molar-refractivity contribution in [1.82, 2.24) is 0 Å². The number of hydrogen-bond donors (Lipinski definition) is 0. The van der Waals surface area contributed by atoms with Gasteiger partial charge in [0.05, 0.1) is 0 Å². The predicted molar refractivity (Wildman–Crippen MR) is 113 cm³/mol. The third-order valence-corrected chi connectivity index (χ3v) is 27.6. The molecular formula is C24H36Cl2SiZr. The van der Waals surface area contributed by atoms with E-state index in [1.165, 1.54) is 38.5 Å². The fourth-order valence-corrected chi connectivity index (χ4v) is 27.8. The minimum Gasteiger partial charge on any atom is -1.00 e. The number of rotatable bonds is 2. The molecule has 0 spiro atoms. The van der Waals surface area contributed by atoms with Crippen molar-refractivity contribution in [3.8, 4) is 0 Å². The Hall–Kier alpha value is 0.640. The second-order valence-electron chi connectivity index (χ2n) is 9.65. The van der Waals surface area contributed by atoms with E-state index in [1.54, 1.807) is 22.3 Å². The molecule has 4 aliphatic rings. The fraction of sp³-hybridized carbons (Fsp3) is 0.667. The average Bonchev–Trinajstić information content (AvgIpc) is 3.09. The topological polar surface area (TPSA) is 0 Å². The van der Waals surface area contributed by atoms with Gasteiger partial charge in [-0.2, -0.15) is 0 Å². The van der Waals surface area contributed by atoms with Gasteiger partial charge in [0.2, 0.25) is 0 Å². The van der Waals surface area contributed by atoms with E-state index in [4.69, 9.17) is 0 Å². The Morgan fingerprint density at radius 3 is 1.54 bits per heavy atom. The Morgan fingerprint density at radius 1 is 0.786 bits per heavy atom. The first-order valence-electron chi connectivity index (χ1n) is 10.9. The molecule has 0 amide bonds. The van der Waals surface area contributed by atoms with Crippen LogP contribution in [-0.4, -0.2) is 5.43 Å². The Kier molecular flexibility index (Phi) is 8.76. The van der Waals surface area contributed by atoms with E-state index in [0.29, 0.717) is 0 Å². The Bertz CT molecular complexity index is 735. The maximum atomic E-state index is 2.68. The molecule has 28 heavy (non-hydrogen) atoms. The molecule has 0 fully saturated rings. The van der Waals surface area contributed by atoms with Gasteiger partial charge in [0, 0.05) is 0 Å². The van der Waals surface area contributed by atoms with E-state index >= 15 is 0 Å². The second-order valence-corrected chi connectivity index (χ2v) is 27.5. The summed E-state index contributed by atoms with van der Waals surface area (Å²) in [6, 6.07) is 0. The molecule has 0 N–H and O–H groups in total. The minimum atomic E-state index is -1.66. The molecule has 0 heterocycles. The molecule has 0 aromatic rings. The van der Waals surface area contributed by atoms with Crippen molar-refractivity contribution < 1.29 is 45.2 Å². The summed E-state index contributed by atoms with van der Waals surface area (Å²) in [6.07, 6.45) is 13.8. The molecular weight excluding hydrogens is 478 g/mol. The van der Waals surface area contributed by atoms with Crippen molar-refractivity contribution in [2.45, 2.75) is 86.6 Å². The number of halogens is 2. The second kappa shape index (κ2) is 9.84. The fourth-order valence-electron chi connectivity index (χ4n) is 6.34. The van der Waals surface area contributed by atoms with Crippen LogP contribution in [0.5, 0.6) is 0 Å². The van der Waals surface area contributed by atoms with Gasteiger partial charge in [0.1, 0.15) is 0 Å². The first-order chi connectivity index (χ1) is 12.4. The van der Waals surface area contributed by atoms with Gasteiger partial charge in [0.25, 0.3) is 0 Å². The van der Waals surface area contributed by atoms with E-state index in [9.17, 15) is 0 Å². The molecule has 0 aromatic carbocycles. The van der Waals surface area contributed by atoms with E-state index in [-0.39, 0.29) is 30.2 Å². The number of hydrogen-bond acceptors (Lipinski definition) is 0. The first kappa shape index (κ1) is 24.9. The van der Waals surface area contributed by atoms with E-state index in [2.05, 4.69) is 52.9 Å². The van der Waals surface area contributed by atoms with Crippen LogP contribution >= 0.6 is 0 Å². The van der Waals surface area contributed by atoms with Crippen LogP contribution in [0.25, 0.3) is 0 Å². The summed E-state index contributed by atoms with van der Waals surface area (Å²) in [5.74, 6) is 1.63. The van der Waals surface area contributed by atoms with Crippen molar-refractivity contribution >= 4 is 5.43 Å². The zero-order valence-electron chi connectivity index (χ0n) is 18.5. The van der Waals surface area contributed by atoms with Gasteiger partial charge in [-0.15, -0.1) is 0 Å². The van der Waals surface area contributed by atoms with Crippen LogP contribution in [0.1, 0.15) is 66.2 Å². The summed E-state index contributed by atoms with van der Waals surface area (Å²) in [6.45, 7) is 15.3. The quantitative estimate of drug-likeness (QED) is 0.491. The van der Waals surface area contributed by atoms with Crippen molar-refractivity contribution in [3.63, 3.8) is 0 Å². The molecule has 0 saturated heterocycles. The average molecular weight is 515 g/mol. The van der Waals surface area contributed by atoms with Crippen LogP contribution in [0, 0.1) is 11.8 Å². The van der Waals surface area contributed by atoms with E-state index in [0.717, 1.165) is 19.1 Å². The van der Waals surface area contributed by atoms with Crippen LogP contribution < -0.4 is 24.8 Å². The standard InChI is InChI=1S/2C11H15.C2H6Si.2ClH.Zr/c2*1-8-6-10-5-3-4-9(2)11(10)7-8;1-3-2;;;/h2*6-7,9H,3-5H2,1-2H3;1-2H3;2*1H;/q;;;;;+2/p-2. The maximum Gasteiger partial charge on any atom is -1.00 e. The van der Waals surface area contributed by atoms with Gasteiger partial charge in [-0.3, -0.25) is 0 Å². The summed E-state index contributed by atoms with van der Waals surface area (Å²) in [4.78, 5) is 0. The zero-order valence-corrected chi connectivity index (χ0v) is 23.4. The molecule has 4 atom stereocenters. The van der Waals surface area contributed by atoms with Crippen LogP contribution in [0.3, 0.4) is 0 Å². The van der Waals surface area contributed by atoms with Crippen molar-refractivity contribution in [3.05, 3.63) is 45.6 Å². The van der Waals surface area contributed by atoms with Crippen LogP contribution in [-0.2, 0) is 20.4 Å². The molecule has 0 bridgehead atoms. The normalized spacial score (nSPS) is 31.0. The predicted octanol–water partition coefficient (Wildman–Crippen LogP) is 1.59. The monoisotopic (exact) mass is 512 g/mol. The molecule has 4 aliphatic carbocycles. The largest absolute Gasteiger partial charge is 1.00 e. The molecule has 4 rings (SSSR count). The molecule has 0 nitrogen and oxygen atoms in total. The van der Waals surface area contributed by atoms with Gasteiger partial charge < -0.3 is 24.8 Å². The van der Waals surface area contributed by atoms with Gasteiger partial charge in [-0.1, -0.05) is 0 Å². The van der Waals surface area contributed by atoms with Crippen LogP contribution in [0.2, 0.25) is 20.3 Å². The smallest absolute Gasteiger partial charge is 1.00 e. The third-order valence-electron chi connectivity index (χ3n) is 7.54. The SMILES string of the molecule is CC1=CC2=C(CCCC2C)[CH]1[Zr+2]([CH]1C(C)=CC2=C1CCCC2C)=[Si](C)C.[Cl-].[Cl-]. The summed E-state index contributed by atoms with van der Waals surface area (Å²) in [7, 11) is 0. The Morgan fingerprint density at radius 2 is 1.18 bits per heavy atom. The summed E-state index contributed by atoms with van der Waals surface area (Å²) >= 11 is -1.66. The first-order valence-corrected chi connectivity index (χ1v) is 19.9. The van der Waals surface area contributed by atoms with Crippen molar-refractivity contribution in [1.29, 1.82) is 0 Å². The Balaban J connectivity index is 0.00000140. The molecule has 0 saturated carbocycles. The zero-order chi connectivity index (χ0) is 18.6. The molecule has 154 valence electrons. The maximum absolute atomic E-state index is 2.68. The van der Waals surface area contributed by atoms with Gasteiger partial charge in [-0.05, 0) is 0 Å². The molecule has 0 aromatic heterocycles. The minimum absolute atomic E-state index is 0. The summed E-state index contributed by atoms with van der Waals surface area (Å²) in [5.41, 5.74) is 10.8. The van der Waals surface area contributed by atoms with Crippen molar-refractivity contribution in [2.75, 3.05) is 0 Å². The third kappa shape index (κ3) is 4.19.